The second kappa shape index (κ2) is 11.3. The lowest BCUT2D eigenvalue weighted by Gasteiger charge is -2.39. The molecule has 6 nitrogen and oxygen atoms in total. The van der Waals surface area contributed by atoms with E-state index in [2.05, 4.69) is 16.0 Å². The number of amides is 2. The first-order chi connectivity index (χ1) is 16.6. The van der Waals surface area contributed by atoms with Gasteiger partial charge in [0.2, 0.25) is 11.8 Å². The Morgan fingerprint density at radius 1 is 0.853 bits per heavy atom. The van der Waals surface area contributed by atoms with Gasteiger partial charge in [-0.05, 0) is 113 Å². The highest BCUT2D eigenvalue weighted by Crippen LogP contribution is 2.50. The molecule has 0 aromatic carbocycles. The fourth-order valence-electron chi connectivity index (χ4n) is 7.82. The highest BCUT2D eigenvalue weighted by atomic mass is 16.5. The molecule has 1 saturated heterocycles. The summed E-state index contributed by atoms with van der Waals surface area (Å²) in [7, 11) is 1.81. The summed E-state index contributed by atoms with van der Waals surface area (Å²) in [5.41, 5.74) is 0. The molecule has 5 fully saturated rings. The van der Waals surface area contributed by atoms with Crippen LogP contribution < -0.4 is 16.0 Å². The maximum atomic E-state index is 13.0. The van der Waals surface area contributed by atoms with Crippen LogP contribution in [0.15, 0.2) is 0 Å². The predicted molar refractivity (Wildman–Crippen MR) is 133 cm³/mol. The van der Waals surface area contributed by atoms with Crippen molar-refractivity contribution in [2.24, 2.45) is 41.4 Å². The predicted octanol–water partition coefficient (Wildman–Crippen LogP) is 3.64. The van der Waals surface area contributed by atoms with Crippen molar-refractivity contribution in [1.29, 1.82) is 0 Å². The Kier molecular flexibility index (Phi) is 8.15. The number of hydrogen-bond donors (Lipinski definition) is 3. The van der Waals surface area contributed by atoms with Crippen LogP contribution in [0.25, 0.3) is 0 Å². The first kappa shape index (κ1) is 24.5. The molecule has 5 aliphatic rings. The van der Waals surface area contributed by atoms with Crippen molar-refractivity contribution in [2.45, 2.75) is 95.6 Å². The molecule has 192 valence electrons. The molecular formula is C28H47N3O3. The van der Waals surface area contributed by atoms with E-state index < -0.39 is 0 Å². The van der Waals surface area contributed by atoms with Crippen molar-refractivity contribution >= 4 is 11.8 Å². The molecule has 6 heteroatoms. The molecule has 3 N–H and O–H groups in total. The summed E-state index contributed by atoms with van der Waals surface area (Å²) in [5, 5.41) is 10.2. The van der Waals surface area contributed by atoms with E-state index in [1.54, 1.807) is 7.11 Å². The standard InChI is InChI=1S/C28H47N3O3/c1-34-24-9-5-18(6-10-24)16-30-27(32)21-4-2-3-20(13-21)25-15-26(25)28(33)31-23-8-7-22-17-29-12-11-19(22)14-23/h18-26,29H,2-17H2,1H3,(H,30,32)(H,31,33). The van der Waals surface area contributed by atoms with Gasteiger partial charge in [0, 0.05) is 31.5 Å². The fourth-order valence-corrected chi connectivity index (χ4v) is 7.82. The quantitative estimate of drug-likeness (QED) is 0.527. The normalized spacial score (nSPS) is 42.3. The average molecular weight is 474 g/mol. The van der Waals surface area contributed by atoms with E-state index in [9.17, 15) is 9.59 Å². The molecule has 5 rings (SSSR count). The molecular weight excluding hydrogens is 426 g/mol. The zero-order valence-electron chi connectivity index (χ0n) is 21.2. The number of carbonyl (C=O) groups is 2. The van der Waals surface area contributed by atoms with Crippen LogP contribution >= 0.6 is 0 Å². The third-order valence-electron chi connectivity index (χ3n) is 10.1. The molecule has 0 bridgehead atoms. The van der Waals surface area contributed by atoms with E-state index in [1.807, 2.05) is 0 Å². The lowest BCUT2D eigenvalue weighted by atomic mass is 9.73. The van der Waals surface area contributed by atoms with Crippen LogP contribution in [0.4, 0.5) is 0 Å². The summed E-state index contributed by atoms with van der Waals surface area (Å²) < 4.78 is 5.47. The minimum Gasteiger partial charge on any atom is -0.381 e. The SMILES string of the molecule is COC1CCC(CNC(=O)C2CCCC(C3CC3C(=O)NC3CCC4CNCCC4C3)C2)CC1. The van der Waals surface area contributed by atoms with Crippen LogP contribution in [0.1, 0.15) is 83.5 Å². The van der Waals surface area contributed by atoms with Gasteiger partial charge in [-0.3, -0.25) is 9.59 Å². The van der Waals surface area contributed by atoms with Gasteiger partial charge in [0.1, 0.15) is 0 Å². The third-order valence-corrected chi connectivity index (χ3v) is 10.1. The van der Waals surface area contributed by atoms with Crippen LogP contribution in [-0.4, -0.2) is 50.7 Å². The summed E-state index contributed by atoms with van der Waals surface area (Å²) in [6.45, 7) is 3.13. The largest absolute Gasteiger partial charge is 0.381 e. The van der Waals surface area contributed by atoms with Crippen LogP contribution in [0.3, 0.4) is 0 Å². The average Bonchev–Trinajstić information content (AvgIpc) is 3.69. The Hall–Kier alpha value is -1.14. The number of rotatable bonds is 7. The molecule has 4 saturated carbocycles. The van der Waals surface area contributed by atoms with Crippen LogP contribution in [0.2, 0.25) is 0 Å². The van der Waals surface area contributed by atoms with Gasteiger partial charge in [-0.2, -0.15) is 0 Å². The first-order valence-corrected chi connectivity index (χ1v) is 14.4. The monoisotopic (exact) mass is 473 g/mol. The second-order valence-corrected chi connectivity index (χ2v) is 12.3. The summed E-state index contributed by atoms with van der Waals surface area (Å²) >= 11 is 0. The highest BCUT2D eigenvalue weighted by molar-refractivity contribution is 5.82. The molecule has 1 aliphatic heterocycles. The van der Waals surface area contributed by atoms with Gasteiger partial charge in [-0.1, -0.05) is 12.8 Å². The number of hydrogen-bond acceptors (Lipinski definition) is 4. The maximum absolute atomic E-state index is 13.0. The lowest BCUT2D eigenvalue weighted by Crippen LogP contribution is -2.46. The van der Waals surface area contributed by atoms with E-state index in [4.69, 9.17) is 4.74 Å². The lowest BCUT2D eigenvalue weighted by molar-refractivity contribution is -0.126. The molecule has 7 unspecified atom stereocenters. The van der Waals surface area contributed by atoms with Crippen molar-refractivity contribution in [3.05, 3.63) is 0 Å². The number of piperidine rings is 1. The fraction of sp³-hybridized carbons (Fsp3) is 0.929. The smallest absolute Gasteiger partial charge is 0.223 e. The minimum atomic E-state index is 0.147. The third kappa shape index (κ3) is 5.98. The van der Waals surface area contributed by atoms with Crippen molar-refractivity contribution < 1.29 is 14.3 Å². The Labute approximate surface area is 206 Å². The van der Waals surface area contributed by atoms with Crippen molar-refractivity contribution in [3.8, 4) is 0 Å². The Morgan fingerprint density at radius 2 is 1.71 bits per heavy atom. The van der Waals surface area contributed by atoms with Gasteiger partial charge in [0.25, 0.3) is 0 Å². The van der Waals surface area contributed by atoms with Gasteiger partial charge in [0.05, 0.1) is 6.10 Å². The molecule has 2 amide bonds. The molecule has 34 heavy (non-hydrogen) atoms. The van der Waals surface area contributed by atoms with Crippen molar-refractivity contribution in [1.82, 2.24) is 16.0 Å². The molecule has 0 aromatic rings. The van der Waals surface area contributed by atoms with E-state index in [0.717, 1.165) is 82.7 Å². The summed E-state index contributed by atoms with van der Waals surface area (Å²) in [6, 6.07) is 0.386. The number of nitrogens with one attached hydrogen (secondary N) is 3. The van der Waals surface area contributed by atoms with Gasteiger partial charge >= 0.3 is 0 Å². The van der Waals surface area contributed by atoms with Gasteiger partial charge in [-0.15, -0.1) is 0 Å². The number of ether oxygens (including phenoxy) is 1. The van der Waals surface area contributed by atoms with Crippen molar-refractivity contribution in [3.63, 3.8) is 0 Å². The summed E-state index contributed by atoms with van der Waals surface area (Å²) in [4.78, 5) is 25.9. The van der Waals surface area contributed by atoms with E-state index in [-0.39, 0.29) is 17.7 Å². The molecule has 0 radical (unpaired) electrons. The summed E-state index contributed by atoms with van der Waals surface area (Å²) in [5.74, 6) is 4.20. The number of fused-ring (bicyclic) bond motifs is 1. The molecule has 4 aliphatic carbocycles. The zero-order chi connectivity index (χ0) is 23.5. The number of methoxy groups -OCH3 is 1. The topological polar surface area (TPSA) is 79.5 Å². The van der Waals surface area contributed by atoms with E-state index in [0.29, 0.717) is 35.8 Å². The van der Waals surface area contributed by atoms with E-state index in [1.165, 1.54) is 32.2 Å². The van der Waals surface area contributed by atoms with Crippen molar-refractivity contribution in [2.75, 3.05) is 26.7 Å². The van der Waals surface area contributed by atoms with Crippen LogP contribution in [0.5, 0.6) is 0 Å². The molecule has 0 spiro atoms. The molecule has 0 aromatic heterocycles. The Bertz CT molecular complexity index is 707. The van der Waals surface area contributed by atoms with Crippen LogP contribution in [0, 0.1) is 41.4 Å². The molecule has 7 atom stereocenters. The van der Waals surface area contributed by atoms with Gasteiger partial charge < -0.3 is 20.7 Å². The molecule has 1 heterocycles. The Balaban J connectivity index is 1.03. The van der Waals surface area contributed by atoms with Crippen LogP contribution in [-0.2, 0) is 14.3 Å². The van der Waals surface area contributed by atoms with E-state index >= 15 is 0 Å². The Morgan fingerprint density at radius 3 is 2.53 bits per heavy atom. The number of carbonyl (C=O) groups excluding carboxylic acids is 2. The first-order valence-electron chi connectivity index (χ1n) is 14.4. The summed E-state index contributed by atoms with van der Waals surface area (Å²) in [6.07, 6.45) is 15.2. The highest BCUT2D eigenvalue weighted by Gasteiger charge is 2.49. The van der Waals surface area contributed by atoms with Gasteiger partial charge in [-0.25, -0.2) is 0 Å². The minimum absolute atomic E-state index is 0.147. The second-order valence-electron chi connectivity index (χ2n) is 12.3. The van der Waals surface area contributed by atoms with Gasteiger partial charge in [0.15, 0.2) is 0 Å². The maximum Gasteiger partial charge on any atom is 0.223 e. The zero-order valence-corrected chi connectivity index (χ0v) is 21.2.